The van der Waals surface area contributed by atoms with Crippen molar-refractivity contribution >= 4 is 34.5 Å². The molecule has 0 bridgehead atoms. The first-order valence-corrected chi connectivity index (χ1v) is 7.87. The topological polar surface area (TPSA) is 93.0 Å². The Morgan fingerprint density at radius 3 is 2.96 bits per heavy atom. The van der Waals surface area contributed by atoms with Crippen LogP contribution < -0.4 is 10.1 Å². The second-order valence-corrected chi connectivity index (χ2v) is 6.33. The highest BCUT2D eigenvalue weighted by Crippen LogP contribution is 2.26. The number of H-pyrrole nitrogens is 1. The fourth-order valence-electron chi connectivity index (χ4n) is 2.02. The number of hydrogen-bond acceptors (Lipinski definition) is 6. The van der Waals surface area contributed by atoms with Crippen LogP contribution in [0.1, 0.15) is 12.7 Å². The first-order chi connectivity index (χ1) is 11.0. The number of nitrogens with zero attached hydrogens (tertiary/aromatic N) is 2. The van der Waals surface area contributed by atoms with E-state index in [-0.39, 0.29) is 11.2 Å². The van der Waals surface area contributed by atoms with Gasteiger partial charge in [0.2, 0.25) is 5.91 Å². The van der Waals surface area contributed by atoms with Crippen molar-refractivity contribution in [3.05, 3.63) is 30.0 Å². The number of hydrogen-bond donors (Lipinski definition) is 2. The lowest BCUT2D eigenvalue weighted by Gasteiger charge is -2.07. The van der Waals surface area contributed by atoms with E-state index in [0.29, 0.717) is 16.7 Å². The highest BCUT2D eigenvalue weighted by molar-refractivity contribution is 8.00. The van der Waals surface area contributed by atoms with E-state index in [4.69, 9.17) is 9.26 Å². The molecule has 0 aliphatic carbocycles. The van der Waals surface area contributed by atoms with Crippen LogP contribution in [0.4, 0.5) is 5.82 Å². The lowest BCUT2D eigenvalue weighted by atomic mass is 10.3. The van der Waals surface area contributed by atoms with Crippen LogP contribution >= 0.6 is 11.8 Å². The van der Waals surface area contributed by atoms with Crippen molar-refractivity contribution in [3.8, 4) is 5.75 Å². The molecule has 3 rings (SSSR count). The number of amides is 1. The highest BCUT2D eigenvalue weighted by atomic mass is 32.2. The molecule has 1 amide bonds. The van der Waals surface area contributed by atoms with Crippen LogP contribution in [0.3, 0.4) is 0 Å². The Hall–Kier alpha value is -2.48. The number of methoxy groups -OCH3 is 1. The number of nitrogens with one attached hydrogen (secondary N) is 2. The van der Waals surface area contributed by atoms with Gasteiger partial charge in [0.1, 0.15) is 11.5 Å². The number of anilines is 1. The Balaban J connectivity index is 1.69. The van der Waals surface area contributed by atoms with Crippen LogP contribution in [-0.4, -0.2) is 33.4 Å². The summed E-state index contributed by atoms with van der Waals surface area (Å²) in [6, 6.07) is 7.26. The van der Waals surface area contributed by atoms with E-state index < -0.39 is 0 Å². The third-order valence-corrected chi connectivity index (χ3v) is 4.19. The molecule has 0 radical (unpaired) electrons. The highest BCUT2D eigenvalue weighted by Gasteiger charge is 2.18. The Labute approximate surface area is 136 Å². The van der Waals surface area contributed by atoms with Gasteiger partial charge in [0.15, 0.2) is 11.0 Å². The maximum atomic E-state index is 12.2. The number of aryl methyl sites for hydroxylation is 1. The molecule has 2 aromatic heterocycles. The maximum absolute atomic E-state index is 12.2. The first-order valence-electron chi connectivity index (χ1n) is 7.00. The van der Waals surface area contributed by atoms with Crippen molar-refractivity contribution in [2.24, 2.45) is 0 Å². The smallest absolute Gasteiger partial charge is 0.238 e. The number of fused-ring (bicyclic) bond motifs is 1. The van der Waals surface area contributed by atoms with E-state index >= 15 is 0 Å². The van der Waals surface area contributed by atoms with Gasteiger partial charge in [-0.3, -0.25) is 4.79 Å². The molecule has 1 atom stereocenters. The molecule has 120 valence electrons. The van der Waals surface area contributed by atoms with Crippen molar-refractivity contribution in [2.75, 3.05) is 12.4 Å². The van der Waals surface area contributed by atoms with Gasteiger partial charge in [-0.2, -0.15) is 0 Å². The summed E-state index contributed by atoms with van der Waals surface area (Å²) in [5, 5.41) is 6.79. The number of rotatable bonds is 5. The van der Waals surface area contributed by atoms with E-state index in [1.807, 2.05) is 18.2 Å². The van der Waals surface area contributed by atoms with Crippen molar-refractivity contribution in [1.29, 1.82) is 0 Å². The monoisotopic (exact) mass is 332 g/mol. The summed E-state index contributed by atoms with van der Waals surface area (Å²) in [7, 11) is 1.62. The van der Waals surface area contributed by atoms with Gasteiger partial charge in [0, 0.05) is 12.1 Å². The summed E-state index contributed by atoms with van der Waals surface area (Å²) in [6.07, 6.45) is 0. The van der Waals surface area contributed by atoms with Gasteiger partial charge in [0.05, 0.1) is 23.4 Å². The van der Waals surface area contributed by atoms with Gasteiger partial charge in [0.25, 0.3) is 0 Å². The number of ether oxygens (including phenoxy) is 1. The number of imidazole rings is 1. The Morgan fingerprint density at radius 2 is 2.26 bits per heavy atom. The summed E-state index contributed by atoms with van der Waals surface area (Å²) in [5.41, 5.74) is 1.69. The molecule has 3 aromatic rings. The summed E-state index contributed by atoms with van der Waals surface area (Å²) in [4.78, 5) is 19.8. The number of carbonyl (C=O) groups excluding carboxylic acids is 1. The molecule has 0 saturated carbocycles. The van der Waals surface area contributed by atoms with E-state index in [2.05, 4.69) is 20.4 Å². The summed E-state index contributed by atoms with van der Waals surface area (Å²) in [6.45, 7) is 3.57. The van der Waals surface area contributed by atoms with Gasteiger partial charge < -0.3 is 19.6 Å². The van der Waals surface area contributed by atoms with Crippen LogP contribution in [0.2, 0.25) is 0 Å². The van der Waals surface area contributed by atoms with Gasteiger partial charge in [-0.1, -0.05) is 16.9 Å². The Bertz CT molecular complexity index is 842. The first kappa shape index (κ1) is 15.4. The Morgan fingerprint density at radius 1 is 1.43 bits per heavy atom. The van der Waals surface area contributed by atoms with Crippen LogP contribution in [0.15, 0.2) is 33.9 Å². The third-order valence-electron chi connectivity index (χ3n) is 3.20. The zero-order chi connectivity index (χ0) is 16.4. The second-order valence-electron chi connectivity index (χ2n) is 5.00. The molecule has 8 heteroatoms. The van der Waals surface area contributed by atoms with Gasteiger partial charge in [-0.15, -0.1) is 0 Å². The minimum absolute atomic E-state index is 0.165. The van der Waals surface area contributed by atoms with Crippen LogP contribution in [0.25, 0.3) is 11.0 Å². The second kappa shape index (κ2) is 6.33. The molecule has 7 nitrogen and oxygen atoms in total. The average molecular weight is 332 g/mol. The van der Waals surface area contributed by atoms with Crippen molar-refractivity contribution < 1.29 is 14.1 Å². The number of aromatic nitrogens is 3. The van der Waals surface area contributed by atoms with Crippen LogP contribution in [-0.2, 0) is 4.79 Å². The SMILES string of the molecule is COc1ccc2nc(SC(C)C(=O)Nc3cc(C)on3)[nH]c2c1. The minimum atomic E-state index is -0.338. The zero-order valence-electron chi connectivity index (χ0n) is 12.9. The van der Waals surface area contributed by atoms with E-state index in [1.165, 1.54) is 11.8 Å². The largest absolute Gasteiger partial charge is 0.497 e. The number of benzene rings is 1. The molecule has 0 spiro atoms. The number of aromatic amines is 1. The van der Waals surface area contributed by atoms with Crippen molar-refractivity contribution in [2.45, 2.75) is 24.3 Å². The fourth-order valence-corrected chi connectivity index (χ4v) is 2.84. The maximum Gasteiger partial charge on any atom is 0.238 e. The molecule has 0 aliphatic rings. The van der Waals surface area contributed by atoms with Crippen LogP contribution in [0, 0.1) is 6.92 Å². The van der Waals surface area contributed by atoms with Gasteiger partial charge in [-0.25, -0.2) is 4.98 Å². The van der Waals surface area contributed by atoms with Gasteiger partial charge >= 0.3 is 0 Å². The summed E-state index contributed by atoms with van der Waals surface area (Å²) < 4.78 is 10.1. The fraction of sp³-hybridized carbons (Fsp3) is 0.267. The molecular weight excluding hydrogens is 316 g/mol. The summed E-state index contributed by atoms with van der Waals surface area (Å²) in [5.74, 6) is 1.65. The normalized spacial score (nSPS) is 12.3. The average Bonchev–Trinajstić information content (AvgIpc) is 3.11. The van der Waals surface area contributed by atoms with Crippen molar-refractivity contribution in [1.82, 2.24) is 15.1 Å². The predicted molar refractivity (Wildman–Crippen MR) is 87.8 cm³/mol. The lowest BCUT2D eigenvalue weighted by Crippen LogP contribution is -2.22. The molecule has 1 unspecified atom stereocenters. The molecule has 1 aromatic carbocycles. The molecule has 2 heterocycles. The van der Waals surface area contributed by atoms with E-state index in [0.717, 1.165) is 16.8 Å². The standard InChI is InChI=1S/C15H16N4O3S/c1-8-6-13(19-22-8)18-14(20)9(2)23-15-16-11-5-4-10(21-3)7-12(11)17-15/h4-7,9H,1-3H3,(H,16,17)(H,18,19,20). The summed E-state index contributed by atoms with van der Waals surface area (Å²) >= 11 is 1.34. The quantitative estimate of drug-likeness (QED) is 0.698. The molecule has 23 heavy (non-hydrogen) atoms. The van der Waals surface area contributed by atoms with E-state index in [1.54, 1.807) is 27.0 Å². The number of carbonyl (C=O) groups is 1. The molecule has 0 fully saturated rings. The van der Waals surface area contributed by atoms with Crippen LogP contribution in [0.5, 0.6) is 5.75 Å². The number of thioether (sulfide) groups is 1. The Kier molecular flexibility index (Phi) is 4.24. The minimum Gasteiger partial charge on any atom is -0.497 e. The van der Waals surface area contributed by atoms with Gasteiger partial charge in [-0.05, 0) is 26.0 Å². The third kappa shape index (κ3) is 3.48. The molecular formula is C15H16N4O3S. The molecule has 2 N–H and O–H groups in total. The predicted octanol–water partition coefficient (Wildman–Crippen LogP) is 2.99. The molecule has 0 aliphatic heterocycles. The van der Waals surface area contributed by atoms with Crippen molar-refractivity contribution in [3.63, 3.8) is 0 Å². The lowest BCUT2D eigenvalue weighted by molar-refractivity contribution is -0.115. The van der Waals surface area contributed by atoms with E-state index in [9.17, 15) is 4.79 Å². The zero-order valence-corrected chi connectivity index (χ0v) is 13.7. The molecule has 0 saturated heterocycles.